The van der Waals surface area contributed by atoms with Crippen LogP contribution in [0.1, 0.15) is 21.5 Å². The molecule has 0 radical (unpaired) electrons. The third kappa shape index (κ3) is 3.85. The lowest BCUT2D eigenvalue weighted by Crippen LogP contribution is -2.22. The quantitative estimate of drug-likeness (QED) is 0.474. The fourth-order valence-electron chi connectivity index (χ4n) is 3.75. The van der Waals surface area contributed by atoms with Crippen LogP contribution in [0.15, 0.2) is 47.4 Å². The Balaban J connectivity index is 2.01. The third-order valence-corrected chi connectivity index (χ3v) is 5.45. The van der Waals surface area contributed by atoms with E-state index in [-0.39, 0.29) is 22.4 Å². The molecular formula is C23H19F3N6O2. The molecule has 0 spiro atoms. The van der Waals surface area contributed by atoms with Gasteiger partial charge in [0.15, 0.2) is 5.65 Å². The highest BCUT2D eigenvalue weighted by Crippen LogP contribution is 2.40. The van der Waals surface area contributed by atoms with Crippen molar-refractivity contribution in [1.29, 1.82) is 0 Å². The van der Waals surface area contributed by atoms with E-state index in [1.807, 2.05) is 0 Å². The number of nitrogens with one attached hydrogen (secondary N) is 1. The number of aromatic nitrogens is 4. The molecule has 2 heterocycles. The Labute approximate surface area is 191 Å². The molecule has 0 saturated heterocycles. The van der Waals surface area contributed by atoms with Gasteiger partial charge in [-0.05, 0) is 36.2 Å². The molecule has 174 valence electrons. The standard InChI is InChI=1S/C23H19F3N6O2/c1-11-7-8-12(17-13(19(27)33)5-4-6-15(17)23(24,25)26)9-14(11)18-21(34)32(3)20-16(30-18)10-29-22(28-2)31-20/h4-10H,1-3H3,(H2,27,33)(H,28,29,31). The van der Waals surface area contributed by atoms with Crippen LogP contribution in [0.2, 0.25) is 0 Å². The van der Waals surface area contributed by atoms with Crippen molar-refractivity contribution in [2.24, 2.45) is 12.8 Å². The first kappa shape index (κ1) is 22.9. The molecule has 34 heavy (non-hydrogen) atoms. The summed E-state index contributed by atoms with van der Waals surface area (Å²) in [5.41, 5.74) is 4.87. The molecule has 2 aromatic heterocycles. The zero-order valence-electron chi connectivity index (χ0n) is 18.4. The third-order valence-electron chi connectivity index (χ3n) is 5.45. The molecule has 0 bridgehead atoms. The fraction of sp³-hybridized carbons (Fsp3) is 0.174. The van der Waals surface area contributed by atoms with Crippen LogP contribution in [0.25, 0.3) is 33.5 Å². The SMILES string of the molecule is CNc1ncc2nc(-c3cc(-c4c(C(N)=O)cccc4C(F)(F)F)ccc3C)c(=O)n(C)c2n1. The van der Waals surface area contributed by atoms with E-state index >= 15 is 0 Å². The number of nitrogens with two attached hydrogens (primary N) is 1. The lowest BCUT2D eigenvalue weighted by Gasteiger charge is -2.17. The summed E-state index contributed by atoms with van der Waals surface area (Å²) in [6, 6.07) is 7.66. The van der Waals surface area contributed by atoms with Crippen molar-refractivity contribution < 1.29 is 18.0 Å². The second kappa shape index (κ2) is 8.25. The number of aryl methyl sites for hydroxylation is 2. The molecule has 0 fully saturated rings. The van der Waals surface area contributed by atoms with E-state index in [2.05, 4.69) is 20.3 Å². The van der Waals surface area contributed by atoms with Crippen LogP contribution in [0.3, 0.4) is 0 Å². The second-order valence-corrected chi connectivity index (χ2v) is 7.60. The number of hydrogen-bond acceptors (Lipinski definition) is 6. The molecule has 1 amide bonds. The Morgan fingerprint density at radius 3 is 2.53 bits per heavy atom. The first-order chi connectivity index (χ1) is 16.0. The Morgan fingerprint density at radius 1 is 1.15 bits per heavy atom. The number of fused-ring (bicyclic) bond motifs is 1. The van der Waals surface area contributed by atoms with E-state index in [1.165, 1.54) is 36.0 Å². The van der Waals surface area contributed by atoms with Gasteiger partial charge in [0.05, 0.1) is 11.8 Å². The number of primary amides is 1. The van der Waals surface area contributed by atoms with Crippen LogP contribution in [-0.4, -0.2) is 32.5 Å². The Kier molecular flexibility index (Phi) is 5.56. The topological polar surface area (TPSA) is 116 Å². The predicted molar refractivity (Wildman–Crippen MR) is 121 cm³/mol. The van der Waals surface area contributed by atoms with Crippen molar-refractivity contribution in [3.05, 3.63) is 69.6 Å². The first-order valence-electron chi connectivity index (χ1n) is 10.1. The summed E-state index contributed by atoms with van der Waals surface area (Å²) in [4.78, 5) is 37.9. The zero-order valence-corrected chi connectivity index (χ0v) is 18.4. The molecule has 8 nitrogen and oxygen atoms in total. The summed E-state index contributed by atoms with van der Waals surface area (Å²) in [6.07, 6.45) is -3.29. The maximum absolute atomic E-state index is 13.8. The number of benzene rings is 2. The molecule has 0 aliphatic heterocycles. The summed E-state index contributed by atoms with van der Waals surface area (Å²) in [5.74, 6) is -0.696. The average molecular weight is 468 g/mol. The summed E-state index contributed by atoms with van der Waals surface area (Å²) in [7, 11) is 3.15. The van der Waals surface area contributed by atoms with E-state index in [4.69, 9.17) is 5.73 Å². The second-order valence-electron chi connectivity index (χ2n) is 7.60. The van der Waals surface area contributed by atoms with Gasteiger partial charge >= 0.3 is 6.18 Å². The fourth-order valence-corrected chi connectivity index (χ4v) is 3.75. The molecule has 0 aliphatic carbocycles. The minimum absolute atomic E-state index is 0.0141. The summed E-state index contributed by atoms with van der Waals surface area (Å²) in [5, 5.41) is 2.78. The highest BCUT2D eigenvalue weighted by Gasteiger charge is 2.35. The largest absolute Gasteiger partial charge is 0.417 e. The molecular weight excluding hydrogens is 449 g/mol. The van der Waals surface area contributed by atoms with Crippen LogP contribution in [0.5, 0.6) is 0 Å². The number of carbonyl (C=O) groups is 1. The normalized spacial score (nSPS) is 11.6. The number of hydrogen-bond donors (Lipinski definition) is 2. The minimum atomic E-state index is -4.73. The number of amides is 1. The van der Waals surface area contributed by atoms with E-state index in [9.17, 15) is 22.8 Å². The van der Waals surface area contributed by atoms with Gasteiger partial charge < -0.3 is 11.1 Å². The molecule has 11 heteroatoms. The maximum Gasteiger partial charge on any atom is 0.417 e. The zero-order chi connectivity index (χ0) is 24.8. The van der Waals surface area contributed by atoms with Crippen LogP contribution < -0.4 is 16.6 Å². The molecule has 0 atom stereocenters. The molecule has 0 saturated carbocycles. The molecule has 0 aliphatic rings. The lowest BCUT2D eigenvalue weighted by molar-refractivity contribution is -0.137. The average Bonchev–Trinajstić information content (AvgIpc) is 2.80. The van der Waals surface area contributed by atoms with Gasteiger partial charge in [0.25, 0.3) is 5.56 Å². The van der Waals surface area contributed by atoms with Crippen molar-refractivity contribution in [2.75, 3.05) is 12.4 Å². The van der Waals surface area contributed by atoms with Gasteiger partial charge in [0.1, 0.15) is 11.2 Å². The molecule has 2 aromatic carbocycles. The van der Waals surface area contributed by atoms with Gasteiger partial charge in [-0.25, -0.2) is 9.97 Å². The Hall–Kier alpha value is -4.28. The van der Waals surface area contributed by atoms with Gasteiger partial charge in [-0.2, -0.15) is 18.2 Å². The molecule has 4 rings (SSSR count). The number of rotatable bonds is 4. The van der Waals surface area contributed by atoms with Crippen molar-refractivity contribution in [3.63, 3.8) is 0 Å². The predicted octanol–water partition coefficient (Wildman–Crippen LogP) is 3.53. The minimum Gasteiger partial charge on any atom is -0.366 e. The number of nitrogens with zero attached hydrogens (tertiary/aromatic N) is 4. The number of halogens is 3. The van der Waals surface area contributed by atoms with Crippen LogP contribution in [-0.2, 0) is 13.2 Å². The lowest BCUT2D eigenvalue weighted by atomic mass is 9.91. The van der Waals surface area contributed by atoms with E-state index in [0.717, 1.165) is 12.1 Å². The number of anilines is 1. The molecule has 0 unspecified atom stereocenters. The Bertz CT molecular complexity index is 1510. The molecule has 4 aromatic rings. The van der Waals surface area contributed by atoms with Crippen LogP contribution >= 0.6 is 0 Å². The van der Waals surface area contributed by atoms with Gasteiger partial charge in [-0.1, -0.05) is 18.2 Å². The molecule has 3 N–H and O–H groups in total. The summed E-state index contributed by atoms with van der Waals surface area (Å²) >= 11 is 0. The Morgan fingerprint density at radius 2 is 1.88 bits per heavy atom. The van der Waals surface area contributed by atoms with Gasteiger partial charge in [0, 0.05) is 30.8 Å². The highest BCUT2D eigenvalue weighted by molar-refractivity contribution is 6.01. The van der Waals surface area contributed by atoms with E-state index in [1.54, 1.807) is 20.0 Å². The van der Waals surface area contributed by atoms with Gasteiger partial charge in [-0.3, -0.25) is 14.2 Å². The van der Waals surface area contributed by atoms with Crippen molar-refractivity contribution in [3.8, 4) is 22.4 Å². The highest BCUT2D eigenvalue weighted by atomic mass is 19.4. The summed E-state index contributed by atoms with van der Waals surface area (Å²) in [6.45, 7) is 1.70. The van der Waals surface area contributed by atoms with E-state index in [0.29, 0.717) is 28.2 Å². The number of carbonyl (C=O) groups excluding carboxylic acids is 1. The number of alkyl halides is 3. The first-order valence-corrected chi connectivity index (χ1v) is 10.1. The van der Waals surface area contributed by atoms with Crippen molar-refractivity contribution in [2.45, 2.75) is 13.1 Å². The van der Waals surface area contributed by atoms with Crippen molar-refractivity contribution >= 4 is 23.0 Å². The van der Waals surface area contributed by atoms with E-state index < -0.39 is 23.2 Å². The summed E-state index contributed by atoms with van der Waals surface area (Å²) < 4.78 is 42.7. The smallest absolute Gasteiger partial charge is 0.366 e. The van der Waals surface area contributed by atoms with Crippen molar-refractivity contribution in [1.82, 2.24) is 19.5 Å². The maximum atomic E-state index is 13.8. The van der Waals surface area contributed by atoms with Gasteiger partial charge in [-0.15, -0.1) is 0 Å². The van der Waals surface area contributed by atoms with Gasteiger partial charge in [0.2, 0.25) is 11.9 Å². The van der Waals surface area contributed by atoms with Crippen LogP contribution in [0, 0.1) is 6.92 Å². The monoisotopic (exact) mass is 468 g/mol. The van der Waals surface area contributed by atoms with Crippen LogP contribution in [0.4, 0.5) is 19.1 Å².